The Hall–Kier alpha value is -7.49. The number of rotatable bonds is 13. The first-order valence-corrected chi connectivity index (χ1v) is 20.8. The molecular weight excluding hydrogens is 869 g/mol. The molecule has 0 radical (unpaired) electrons. The highest BCUT2D eigenvalue weighted by Gasteiger charge is 2.23. The molecule has 23 nitrogen and oxygen atoms in total. The fraction of sp³-hybridized carbons (Fsp3) is 0.0286. The van der Waals surface area contributed by atoms with Crippen LogP contribution in [0.15, 0.2) is 142 Å². The second-order valence-corrected chi connectivity index (χ2v) is 16.5. The Labute approximate surface area is 343 Å². The van der Waals surface area contributed by atoms with Crippen molar-refractivity contribution in [3.8, 4) is 23.0 Å². The molecule has 0 saturated heterocycles. The van der Waals surface area contributed by atoms with E-state index in [-0.39, 0.29) is 33.5 Å². The lowest BCUT2D eigenvalue weighted by molar-refractivity contribution is -0.385. The number of benzene rings is 6. The van der Waals surface area contributed by atoms with Crippen LogP contribution in [0.25, 0.3) is 10.8 Å². The van der Waals surface area contributed by atoms with Gasteiger partial charge in [0.15, 0.2) is 17.2 Å². The Morgan fingerprint density at radius 1 is 0.607 bits per heavy atom. The fourth-order valence-corrected chi connectivity index (χ4v) is 7.09. The highest BCUT2D eigenvalue weighted by molar-refractivity contribution is 7.86. The molecule has 0 aromatic heterocycles. The minimum Gasteiger partial charge on any atom is -0.507 e. The van der Waals surface area contributed by atoms with Gasteiger partial charge in [-0.3, -0.25) is 23.8 Å². The molecule has 0 fully saturated rings. The number of phenols is 3. The number of nitrogens with one attached hydrogen (secondary N) is 1. The number of phenolic OH excluding ortho intramolecular Hbond substituents is 3. The van der Waals surface area contributed by atoms with Crippen LogP contribution in [0, 0.1) is 10.1 Å². The minimum absolute atomic E-state index is 0.120. The lowest BCUT2D eigenvalue weighted by Crippen LogP contribution is -2.04. The highest BCUT2D eigenvalue weighted by atomic mass is 32.2. The lowest BCUT2D eigenvalue weighted by Gasteiger charge is -2.10. The summed E-state index contributed by atoms with van der Waals surface area (Å²) in [6.45, 7) is 0. The quantitative estimate of drug-likeness (QED) is 0.0247. The molecule has 0 heterocycles. The van der Waals surface area contributed by atoms with Crippen LogP contribution < -0.4 is 10.1 Å². The van der Waals surface area contributed by atoms with Gasteiger partial charge < -0.3 is 25.4 Å². The van der Waals surface area contributed by atoms with Gasteiger partial charge in [-0.2, -0.15) is 35.5 Å². The van der Waals surface area contributed by atoms with Gasteiger partial charge in [-0.25, -0.2) is 0 Å². The molecular formula is C35H26N8O15S3. The predicted octanol–water partition coefficient (Wildman–Crippen LogP) is 8.60. The second-order valence-electron chi connectivity index (χ2n) is 12.3. The Balaban J connectivity index is 1.42. The molecule has 26 heteroatoms. The summed E-state index contributed by atoms with van der Waals surface area (Å²) in [5, 5.41) is 70.2. The van der Waals surface area contributed by atoms with Gasteiger partial charge in [0, 0.05) is 30.0 Å². The van der Waals surface area contributed by atoms with Crippen molar-refractivity contribution in [1.29, 1.82) is 0 Å². The predicted molar refractivity (Wildman–Crippen MR) is 213 cm³/mol. The average Bonchev–Trinajstić information content (AvgIpc) is 3.19. The zero-order chi connectivity index (χ0) is 44.4. The Bertz CT molecular complexity index is 3180. The Morgan fingerprint density at radius 3 is 1.67 bits per heavy atom. The number of nitro benzene ring substituents is 1. The van der Waals surface area contributed by atoms with Gasteiger partial charge in [-0.1, -0.05) is 0 Å². The molecule has 0 bridgehead atoms. The number of non-ortho nitro benzene ring substituents is 1. The average molecular weight is 895 g/mol. The number of hydrogen-bond acceptors (Lipinski definition) is 19. The summed E-state index contributed by atoms with van der Waals surface area (Å²) in [6, 6.07) is 18.4. The first-order valence-electron chi connectivity index (χ1n) is 16.5. The molecule has 0 spiro atoms. The van der Waals surface area contributed by atoms with Crippen LogP contribution in [0.5, 0.6) is 23.0 Å². The van der Waals surface area contributed by atoms with Gasteiger partial charge in [0.05, 0.1) is 50.0 Å². The topological polar surface area (TPSA) is 362 Å². The van der Waals surface area contributed by atoms with Crippen LogP contribution in [0.1, 0.15) is 0 Å². The molecule has 0 aliphatic rings. The smallest absolute Gasteiger partial charge is 0.296 e. The summed E-state index contributed by atoms with van der Waals surface area (Å²) in [5.74, 6) is -1.96. The molecule has 314 valence electrons. The standard InChI is InChI=1S/C35H26N8O15S3/c1-58-23-9-6-21(7-10-23)38-42-33-34(45)28(40-37-20-4-2-19(3-5-20)36-26-11-8-22(43(47)48)14-31(26)61(55,56)57)17-29(35(33)46)41-39-27-15-24(59(49,50)51)12-18-13-25(60(52,53)54)16-30(44)32(18)27/h2-17,36,44-46H,1H3,(H,49,50,51)(H,52,53,54)(H,55,56,57). The van der Waals surface area contributed by atoms with E-state index in [0.717, 1.165) is 36.4 Å². The van der Waals surface area contributed by atoms with Crippen LogP contribution in [-0.4, -0.2) is 66.3 Å². The summed E-state index contributed by atoms with van der Waals surface area (Å²) in [4.78, 5) is 7.89. The number of ether oxygens (including phenoxy) is 1. The van der Waals surface area contributed by atoms with E-state index in [1.165, 1.54) is 43.5 Å². The molecule has 61 heavy (non-hydrogen) atoms. The first kappa shape index (κ1) is 43.1. The van der Waals surface area contributed by atoms with Crippen molar-refractivity contribution >= 4 is 92.3 Å². The molecule has 7 N–H and O–H groups in total. The zero-order valence-corrected chi connectivity index (χ0v) is 32.9. The number of aromatic hydroxyl groups is 3. The number of methoxy groups -OCH3 is 1. The Kier molecular flexibility index (Phi) is 11.8. The van der Waals surface area contributed by atoms with E-state index in [1.807, 2.05) is 0 Å². The van der Waals surface area contributed by atoms with E-state index in [9.17, 15) is 64.3 Å². The molecule has 0 unspecified atom stereocenters. The highest BCUT2D eigenvalue weighted by Crippen LogP contribution is 2.51. The molecule has 0 atom stereocenters. The molecule has 0 aliphatic heterocycles. The number of azo groups is 3. The summed E-state index contributed by atoms with van der Waals surface area (Å²) < 4.78 is 106. The van der Waals surface area contributed by atoms with Crippen molar-refractivity contribution in [2.24, 2.45) is 30.7 Å². The normalized spacial score (nSPS) is 12.5. The van der Waals surface area contributed by atoms with Crippen LogP contribution >= 0.6 is 0 Å². The molecule has 0 amide bonds. The van der Waals surface area contributed by atoms with E-state index >= 15 is 0 Å². The molecule has 6 rings (SSSR count). The van der Waals surface area contributed by atoms with Gasteiger partial charge in [0.25, 0.3) is 36.0 Å². The molecule has 0 aliphatic carbocycles. The maximum atomic E-state index is 12.1. The zero-order valence-electron chi connectivity index (χ0n) is 30.5. The molecule has 6 aromatic carbocycles. The van der Waals surface area contributed by atoms with E-state index in [1.54, 1.807) is 12.1 Å². The third-order valence-corrected chi connectivity index (χ3v) is 10.8. The third kappa shape index (κ3) is 9.87. The van der Waals surface area contributed by atoms with E-state index < -0.39 is 95.6 Å². The summed E-state index contributed by atoms with van der Waals surface area (Å²) in [6.07, 6.45) is 0. The maximum absolute atomic E-state index is 12.1. The summed E-state index contributed by atoms with van der Waals surface area (Å²) >= 11 is 0. The van der Waals surface area contributed by atoms with E-state index in [0.29, 0.717) is 17.9 Å². The van der Waals surface area contributed by atoms with E-state index in [2.05, 4.69) is 36.0 Å². The molecule has 0 saturated carbocycles. The SMILES string of the molecule is COc1ccc(N=Nc2c(O)c(N=Nc3ccc(Nc4ccc([N+](=O)[O-])cc4S(=O)(=O)O)cc3)cc(N=Nc3cc(S(=O)(=O)O)cc4cc(S(=O)(=O)O)cc(O)c34)c2O)cc1. The van der Waals surface area contributed by atoms with Crippen molar-refractivity contribution in [2.75, 3.05) is 12.4 Å². The van der Waals surface area contributed by atoms with E-state index in [4.69, 9.17) is 4.74 Å². The summed E-state index contributed by atoms with van der Waals surface area (Å²) in [7, 11) is -13.4. The Morgan fingerprint density at radius 2 is 1.13 bits per heavy atom. The maximum Gasteiger partial charge on any atom is 0.296 e. The van der Waals surface area contributed by atoms with Crippen LogP contribution in [0.4, 0.5) is 51.2 Å². The van der Waals surface area contributed by atoms with Crippen LogP contribution in [-0.2, 0) is 30.4 Å². The van der Waals surface area contributed by atoms with Crippen molar-refractivity contribution in [1.82, 2.24) is 0 Å². The first-order chi connectivity index (χ1) is 28.6. The van der Waals surface area contributed by atoms with Gasteiger partial charge in [-0.15, -0.1) is 20.5 Å². The van der Waals surface area contributed by atoms with Crippen LogP contribution in [0.2, 0.25) is 0 Å². The van der Waals surface area contributed by atoms with Gasteiger partial charge in [0.1, 0.15) is 27.8 Å². The van der Waals surface area contributed by atoms with Gasteiger partial charge in [0.2, 0.25) is 0 Å². The van der Waals surface area contributed by atoms with Gasteiger partial charge in [-0.05, 0) is 78.2 Å². The number of fused-ring (bicyclic) bond motifs is 1. The summed E-state index contributed by atoms with van der Waals surface area (Å²) in [5.41, 5.74) is -2.21. The monoisotopic (exact) mass is 894 g/mol. The largest absolute Gasteiger partial charge is 0.507 e. The van der Waals surface area contributed by atoms with Crippen molar-refractivity contribution in [2.45, 2.75) is 14.7 Å². The minimum atomic E-state index is -4.99. The number of hydrogen-bond donors (Lipinski definition) is 7. The molecule has 6 aromatic rings. The lowest BCUT2D eigenvalue weighted by atomic mass is 10.1. The van der Waals surface area contributed by atoms with Crippen molar-refractivity contribution in [3.05, 3.63) is 107 Å². The fourth-order valence-electron chi connectivity index (χ4n) is 5.35. The van der Waals surface area contributed by atoms with Gasteiger partial charge >= 0.3 is 0 Å². The van der Waals surface area contributed by atoms with Crippen molar-refractivity contribution < 1.29 is 63.9 Å². The number of anilines is 2. The number of nitrogens with zero attached hydrogens (tertiary/aromatic N) is 7. The third-order valence-electron chi connectivity index (χ3n) is 8.23. The van der Waals surface area contributed by atoms with Crippen LogP contribution in [0.3, 0.4) is 0 Å². The number of nitro groups is 1. The second kappa shape index (κ2) is 16.6. The van der Waals surface area contributed by atoms with Crippen molar-refractivity contribution in [3.63, 3.8) is 0 Å².